The Balaban J connectivity index is 0.00000116. The molecule has 0 aromatic heterocycles. The maximum atomic E-state index is 11.0. The molecule has 1 aliphatic carbocycles. The maximum Gasteiger partial charge on any atom is 0.0789 e. The van der Waals surface area contributed by atoms with E-state index in [1.807, 2.05) is 0 Å². The van der Waals surface area contributed by atoms with E-state index in [9.17, 15) is 5.11 Å². The lowest BCUT2D eigenvalue weighted by atomic mass is 9.81. The number of para-hydroxylation sites is 1. The van der Waals surface area contributed by atoms with E-state index in [-0.39, 0.29) is 36.5 Å². The van der Waals surface area contributed by atoms with Crippen molar-refractivity contribution in [2.75, 3.05) is 24.5 Å². The number of piperidine rings is 1. The molecule has 0 bridgehead atoms. The molecule has 3 nitrogen and oxygen atoms in total. The molecule has 5 heteroatoms. The predicted octanol–water partition coefficient (Wildman–Crippen LogP) is 5.39. The summed E-state index contributed by atoms with van der Waals surface area (Å²) in [5, 5.41) is 13.8. The highest BCUT2D eigenvalue weighted by Crippen LogP contribution is 2.46. The first-order valence-electron chi connectivity index (χ1n) is 11.0. The summed E-state index contributed by atoms with van der Waals surface area (Å²) in [6.45, 7) is 3.06. The lowest BCUT2D eigenvalue weighted by Crippen LogP contribution is -2.57. The van der Waals surface area contributed by atoms with Gasteiger partial charge >= 0.3 is 0 Å². The van der Waals surface area contributed by atoms with Crippen LogP contribution in [0, 0.1) is 0 Å². The van der Waals surface area contributed by atoms with E-state index in [0.717, 1.165) is 45.3 Å². The molecule has 2 fully saturated rings. The van der Waals surface area contributed by atoms with Crippen LogP contribution in [0.3, 0.4) is 0 Å². The lowest BCUT2D eigenvalue weighted by Gasteiger charge is -2.49. The molecule has 1 N–H and O–H groups in total. The number of nitrogens with zero attached hydrogens (tertiary/aromatic N) is 2. The molecule has 2 saturated heterocycles. The van der Waals surface area contributed by atoms with Gasteiger partial charge in [0, 0.05) is 31.4 Å². The van der Waals surface area contributed by atoms with E-state index >= 15 is 0 Å². The summed E-state index contributed by atoms with van der Waals surface area (Å²) in [5.74, 6) is 0. The zero-order chi connectivity index (χ0) is 19.4. The van der Waals surface area contributed by atoms with Crippen LogP contribution in [-0.4, -0.2) is 41.3 Å². The molecule has 0 amide bonds. The minimum Gasteiger partial charge on any atom is -0.391 e. The topological polar surface area (TPSA) is 26.7 Å². The standard InChI is InChI=1S/C26H28N2O.2ClH/c29-24-12-15-28(21-9-2-1-3-10-21)26(24)13-16-27(17-14-26)23-18-20-8-4-6-19-7-5-11-22(23)25(19)20;;/h1-11,23-24,29H,12-18H2;2*1H. The van der Waals surface area contributed by atoms with Gasteiger partial charge in [-0.25, -0.2) is 0 Å². The van der Waals surface area contributed by atoms with E-state index < -0.39 is 0 Å². The van der Waals surface area contributed by atoms with Gasteiger partial charge in [-0.15, -0.1) is 24.8 Å². The number of anilines is 1. The van der Waals surface area contributed by atoms with E-state index in [0.29, 0.717) is 6.04 Å². The van der Waals surface area contributed by atoms with Gasteiger partial charge in [-0.05, 0) is 59.7 Å². The summed E-state index contributed by atoms with van der Waals surface area (Å²) in [6, 6.07) is 24.7. The third-order valence-corrected chi connectivity index (χ3v) is 7.75. The summed E-state index contributed by atoms with van der Waals surface area (Å²) in [4.78, 5) is 5.17. The molecule has 2 heterocycles. The zero-order valence-electron chi connectivity index (χ0n) is 17.6. The molecule has 2 aliphatic heterocycles. The molecule has 3 aromatic rings. The maximum absolute atomic E-state index is 11.0. The highest BCUT2D eigenvalue weighted by atomic mass is 35.5. The van der Waals surface area contributed by atoms with Crippen molar-refractivity contribution < 1.29 is 5.11 Å². The van der Waals surface area contributed by atoms with Crippen molar-refractivity contribution >= 4 is 41.3 Å². The Morgan fingerprint density at radius 3 is 2.26 bits per heavy atom. The van der Waals surface area contributed by atoms with Crippen molar-refractivity contribution in [1.82, 2.24) is 4.90 Å². The molecule has 31 heavy (non-hydrogen) atoms. The number of halogens is 2. The molecule has 3 aliphatic rings. The molecular formula is C26H30Cl2N2O. The summed E-state index contributed by atoms with van der Waals surface area (Å²) < 4.78 is 0. The fourth-order valence-electron chi connectivity index (χ4n) is 6.28. The summed E-state index contributed by atoms with van der Waals surface area (Å²) >= 11 is 0. The van der Waals surface area contributed by atoms with Crippen LogP contribution in [0.2, 0.25) is 0 Å². The molecular weight excluding hydrogens is 427 g/mol. The monoisotopic (exact) mass is 456 g/mol. The molecule has 2 atom stereocenters. The first-order valence-corrected chi connectivity index (χ1v) is 11.0. The average molecular weight is 457 g/mol. The summed E-state index contributed by atoms with van der Waals surface area (Å²) in [7, 11) is 0. The first-order chi connectivity index (χ1) is 14.3. The minimum atomic E-state index is -0.228. The van der Waals surface area contributed by atoms with E-state index in [4.69, 9.17) is 0 Å². The van der Waals surface area contributed by atoms with Gasteiger partial charge in [-0.3, -0.25) is 4.90 Å². The van der Waals surface area contributed by atoms with Gasteiger partial charge in [0.05, 0.1) is 11.6 Å². The average Bonchev–Trinajstić information content (AvgIpc) is 3.30. The van der Waals surface area contributed by atoms with E-state index in [1.54, 1.807) is 0 Å². The number of hydrogen-bond acceptors (Lipinski definition) is 3. The van der Waals surface area contributed by atoms with Gasteiger partial charge in [0.1, 0.15) is 0 Å². The van der Waals surface area contributed by atoms with Crippen LogP contribution >= 0.6 is 24.8 Å². The Hall–Kier alpha value is -1.78. The normalized spacial score (nSPS) is 24.2. The van der Waals surface area contributed by atoms with Gasteiger partial charge < -0.3 is 10.0 Å². The largest absolute Gasteiger partial charge is 0.391 e. The van der Waals surface area contributed by atoms with Crippen molar-refractivity contribution in [1.29, 1.82) is 0 Å². The molecule has 0 saturated carbocycles. The quantitative estimate of drug-likeness (QED) is 0.559. The second-order valence-corrected chi connectivity index (χ2v) is 9.01. The molecule has 6 rings (SSSR count). The Morgan fingerprint density at radius 1 is 0.806 bits per heavy atom. The molecule has 2 unspecified atom stereocenters. The molecule has 164 valence electrons. The van der Waals surface area contributed by atoms with E-state index in [2.05, 4.69) is 76.5 Å². The van der Waals surface area contributed by atoms with Crippen molar-refractivity contribution in [2.24, 2.45) is 0 Å². The number of hydrogen-bond donors (Lipinski definition) is 1. The van der Waals surface area contributed by atoms with Crippen LogP contribution in [0.25, 0.3) is 10.8 Å². The second-order valence-electron chi connectivity index (χ2n) is 9.01. The van der Waals surface area contributed by atoms with Gasteiger partial charge in [0.25, 0.3) is 0 Å². The molecule has 3 aromatic carbocycles. The Kier molecular flexibility index (Phi) is 6.24. The minimum absolute atomic E-state index is 0. The van der Waals surface area contributed by atoms with Crippen LogP contribution in [-0.2, 0) is 6.42 Å². The molecule has 1 spiro atoms. The van der Waals surface area contributed by atoms with Crippen molar-refractivity contribution in [3.8, 4) is 0 Å². The predicted molar refractivity (Wildman–Crippen MR) is 133 cm³/mol. The lowest BCUT2D eigenvalue weighted by molar-refractivity contribution is 0.0419. The fraction of sp³-hybridized carbons (Fsp3) is 0.385. The third kappa shape index (κ3) is 3.43. The van der Waals surface area contributed by atoms with Gasteiger partial charge in [0.15, 0.2) is 0 Å². The SMILES string of the molecule is Cl.Cl.OC1CCN(c2ccccc2)C12CCN(C1Cc3cccc4cccc1c34)CC2. The number of benzene rings is 3. The van der Waals surface area contributed by atoms with Gasteiger partial charge in [-0.1, -0.05) is 54.6 Å². The van der Waals surface area contributed by atoms with Crippen molar-refractivity contribution in [2.45, 2.75) is 43.4 Å². The van der Waals surface area contributed by atoms with E-state index in [1.165, 1.54) is 27.6 Å². The molecule has 0 radical (unpaired) electrons. The Bertz CT molecular complexity index is 1040. The van der Waals surface area contributed by atoms with Gasteiger partial charge in [0.2, 0.25) is 0 Å². The number of likely N-dealkylation sites (tertiary alicyclic amines) is 1. The van der Waals surface area contributed by atoms with Crippen LogP contribution in [0.15, 0.2) is 66.7 Å². The number of aliphatic hydroxyl groups is 1. The number of aliphatic hydroxyl groups excluding tert-OH is 1. The van der Waals surface area contributed by atoms with Crippen LogP contribution < -0.4 is 4.90 Å². The zero-order valence-corrected chi connectivity index (χ0v) is 19.2. The summed E-state index contributed by atoms with van der Waals surface area (Å²) in [5.41, 5.74) is 4.15. The summed E-state index contributed by atoms with van der Waals surface area (Å²) in [6.07, 6.45) is 3.84. The first kappa shape index (κ1) is 22.4. The second kappa shape index (κ2) is 8.63. The smallest absolute Gasteiger partial charge is 0.0789 e. The van der Waals surface area contributed by atoms with Crippen LogP contribution in [0.5, 0.6) is 0 Å². The van der Waals surface area contributed by atoms with Crippen LogP contribution in [0.1, 0.15) is 36.4 Å². The fourth-order valence-corrected chi connectivity index (χ4v) is 6.28. The Labute approximate surface area is 196 Å². The highest BCUT2D eigenvalue weighted by Gasteiger charge is 2.50. The van der Waals surface area contributed by atoms with Gasteiger partial charge in [-0.2, -0.15) is 0 Å². The van der Waals surface area contributed by atoms with Crippen molar-refractivity contribution in [3.05, 3.63) is 77.9 Å². The third-order valence-electron chi connectivity index (χ3n) is 7.75. The Morgan fingerprint density at radius 2 is 1.52 bits per heavy atom. The number of rotatable bonds is 2. The van der Waals surface area contributed by atoms with Crippen molar-refractivity contribution in [3.63, 3.8) is 0 Å². The van der Waals surface area contributed by atoms with Crippen LogP contribution in [0.4, 0.5) is 5.69 Å². The highest BCUT2D eigenvalue weighted by molar-refractivity contribution is 5.91.